The van der Waals surface area contributed by atoms with Gasteiger partial charge in [0.1, 0.15) is 0 Å². The number of hydrogen-bond acceptors (Lipinski definition) is 0. The molecular weight excluding hydrogens is 190 g/mol. The summed E-state index contributed by atoms with van der Waals surface area (Å²) < 4.78 is 0. The van der Waals surface area contributed by atoms with Gasteiger partial charge in [0.05, 0.1) is 0 Å². The summed E-state index contributed by atoms with van der Waals surface area (Å²) in [6.45, 7) is 0. The molecule has 0 aliphatic heterocycles. The molecule has 34 valence electrons. The summed E-state index contributed by atoms with van der Waals surface area (Å²) in [5.41, 5.74) is 0. The zero-order chi connectivity index (χ0) is 0. The minimum Gasteiger partial charge on any atom is -1.00 e. The third kappa shape index (κ3) is 98.1. The van der Waals surface area contributed by atoms with Crippen molar-refractivity contribution in [3.05, 3.63) is 0 Å². The molecule has 0 aliphatic rings. The second-order valence-corrected chi connectivity index (χ2v) is 0. The van der Waals surface area contributed by atoms with Crippen LogP contribution in [0, 0.1) is 0 Å². The molecule has 0 bridgehead atoms. The van der Waals surface area contributed by atoms with Gasteiger partial charge in [-0.3, -0.25) is 0 Å². The molecule has 1 nitrogen and oxygen atoms in total. The van der Waals surface area contributed by atoms with Crippen molar-refractivity contribution < 1.29 is 14.1 Å². The van der Waals surface area contributed by atoms with Crippen LogP contribution in [0.1, 0.15) is 0 Å². The number of quaternary nitrogens is 1. The standard InChI is InChI=1S/3FH.H3N.Sn/h3*1H;1H3;/q;;;;+2/p-2. The third-order valence-electron chi connectivity index (χ3n) is 0. The van der Waals surface area contributed by atoms with Gasteiger partial charge in [-0.25, -0.2) is 0 Å². The van der Waals surface area contributed by atoms with Crippen LogP contribution in [-0.4, -0.2) is 23.9 Å². The van der Waals surface area contributed by atoms with E-state index in [-0.39, 0.29) is 44.2 Å². The Morgan fingerprint density at radius 1 is 0.600 bits per heavy atom. The van der Waals surface area contributed by atoms with E-state index in [9.17, 15) is 0 Å². The number of halogens is 3. The molecule has 0 atom stereocenters. The van der Waals surface area contributed by atoms with E-state index in [2.05, 4.69) is 0 Å². The van der Waals surface area contributed by atoms with Crippen molar-refractivity contribution in [1.29, 1.82) is 0 Å². The maximum Gasteiger partial charge on any atom is 2.00 e. The third-order valence-corrected chi connectivity index (χ3v) is 0. The smallest absolute Gasteiger partial charge is 1.00 e. The Labute approximate surface area is 44.8 Å². The van der Waals surface area contributed by atoms with E-state index in [1.807, 2.05) is 0 Å². The second kappa shape index (κ2) is 190. The Hall–Kier alpha value is 0.549. The van der Waals surface area contributed by atoms with Crippen LogP contribution in [-0.2, 0) is 0 Å². The van der Waals surface area contributed by atoms with Crippen LogP contribution in [0.15, 0.2) is 0 Å². The van der Waals surface area contributed by atoms with Gasteiger partial charge in [0.15, 0.2) is 0 Å². The first-order valence-corrected chi connectivity index (χ1v) is 0. The summed E-state index contributed by atoms with van der Waals surface area (Å²) in [5, 5.41) is 0. The first-order valence-electron chi connectivity index (χ1n) is 0. The predicted molar refractivity (Wildman–Crippen MR) is 11.7 cm³/mol. The summed E-state index contributed by atoms with van der Waals surface area (Å²) in [6, 6.07) is 0. The summed E-state index contributed by atoms with van der Waals surface area (Å²) in [4.78, 5) is 0. The molecule has 0 unspecified atom stereocenters. The molecule has 5 heavy (non-hydrogen) atoms. The molecule has 0 aromatic rings. The van der Waals surface area contributed by atoms with Crippen molar-refractivity contribution in [3.63, 3.8) is 0 Å². The fourth-order valence-corrected chi connectivity index (χ4v) is 0. The summed E-state index contributed by atoms with van der Waals surface area (Å²) in [7, 11) is 0. The van der Waals surface area contributed by atoms with Crippen molar-refractivity contribution in [2.24, 2.45) is 0 Å². The van der Waals surface area contributed by atoms with Gasteiger partial charge < -0.3 is 20.3 Å². The summed E-state index contributed by atoms with van der Waals surface area (Å²) in [5.74, 6) is 0. The molecule has 0 saturated carbocycles. The maximum atomic E-state index is 0. The van der Waals surface area contributed by atoms with Crippen LogP contribution >= 0.6 is 0 Å². The minimum atomic E-state index is 0. The van der Waals surface area contributed by atoms with Crippen LogP contribution in [0.3, 0.4) is 0 Å². The zero-order valence-corrected chi connectivity index (χ0v) is 5.49. The summed E-state index contributed by atoms with van der Waals surface area (Å²) in [6.07, 6.45) is 0. The van der Waals surface area contributed by atoms with E-state index in [4.69, 9.17) is 0 Å². The van der Waals surface area contributed by atoms with E-state index in [0.29, 0.717) is 0 Å². The first kappa shape index (κ1) is 381. The maximum absolute atomic E-state index is 0. The Morgan fingerprint density at radius 2 is 0.600 bits per heavy atom. The normalized spacial score (nSPS) is 0. The van der Waals surface area contributed by atoms with E-state index in [0.717, 1.165) is 0 Å². The van der Waals surface area contributed by atoms with Gasteiger partial charge in [-0.2, -0.15) is 0 Å². The largest absolute Gasteiger partial charge is 2.00 e. The molecule has 0 aromatic heterocycles. The van der Waals surface area contributed by atoms with Gasteiger partial charge in [-0.15, -0.1) is 0 Å². The predicted octanol–water partition coefficient (Wildman–Crippen LogP) is -8.99. The second-order valence-electron chi connectivity index (χ2n) is 0. The van der Waals surface area contributed by atoms with Crippen LogP contribution in [0.2, 0.25) is 0 Å². The van der Waals surface area contributed by atoms with Crippen molar-refractivity contribution in [3.8, 4) is 0 Å². The monoisotopic (exact) mass is 195 g/mol. The molecular formula is H4F3NSn. The van der Waals surface area contributed by atoms with Crippen LogP contribution in [0.5, 0.6) is 0 Å². The molecule has 5 heteroatoms. The van der Waals surface area contributed by atoms with Gasteiger partial charge in [0.25, 0.3) is 0 Å². The topological polar surface area (TPSA) is 36.5 Å². The average molecular weight is 194 g/mol. The molecule has 0 saturated heterocycles. The number of hydrogen-bond donors (Lipinski definition) is 1. The zero-order valence-electron chi connectivity index (χ0n) is 2.63. The Balaban J connectivity index is 0. The Bertz CT molecular complexity index is 6.85. The van der Waals surface area contributed by atoms with Crippen molar-refractivity contribution in [1.82, 2.24) is 6.15 Å². The van der Waals surface area contributed by atoms with Gasteiger partial charge in [-0.1, -0.05) is 0 Å². The molecule has 4 N–H and O–H groups in total. The quantitative estimate of drug-likeness (QED) is 0.371. The average Bonchev–Trinajstić information content (AvgIpc) is 0. The van der Waals surface area contributed by atoms with Crippen LogP contribution < -0.4 is 20.3 Å². The van der Waals surface area contributed by atoms with E-state index >= 15 is 0 Å². The molecule has 0 amide bonds. The molecule has 0 aliphatic carbocycles. The van der Waals surface area contributed by atoms with E-state index in [1.165, 1.54) is 0 Å². The van der Waals surface area contributed by atoms with Gasteiger partial charge in [0, 0.05) is 0 Å². The summed E-state index contributed by atoms with van der Waals surface area (Å²) >= 11 is 0. The van der Waals surface area contributed by atoms with Gasteiger partial charge >= 0.3 is 23.9 Å². The molecule has 2 radical (unpaired) electrons. The molecule has 0 fully saturated rings. The molecule has 0 aromatic carbocycles. The first-order chi connectivity index (χ1) is 0. The van der Waals surface area contributed by atoms with Crippen LogP contribution in [0.4, 0.5) is 0 Å². The Kier molecular flexibility index (Phi) is 14500. The Morgan fingerprint density at radius 3 is 0.600 bits per heavy atom. The van der Waals surface area contributed by atoms with Gasteiger partial charge in [0.2, 0.25) is 0 Å². The molecule has 0 spiro atoms. The van der Waals surface area contributed by atoms with Crippen LogP contribution in [0.25, 0.3) is 0 Å². The SMILES string of the molecule is [F-].[F-].[F-].[NH4+].[Sn+2]. The minimum absolute atomic E-state index is 0. The number of rotatable bonds is 0. The molecule has 0 rings (SSSR count). The van der Waals surface area contributed by atoms with Crippen molar-refractivity contribution >= 4 is 23.9 Å². The fourth-order valence-electron chi connectivity index (χ4n) is 0. The van der Waals surface area contributed by atoms with E-state index in [1.54, 1.807) is 0 Å². The van der Waals surface area contributed by atoms with E-state index < -0.39 is 0 Å². The fraction of sp³-hybridized carbons (Fsp3) is 0. The van der Waals surface area contributed by atoms with Crippen molar-refractivity contribution in [2.75, 3.05) is 0 Å². The van der Waals surface area contributed by atoms with Crippen molar-refractivity contribution in [2.45, 2.75) is 0 Å². The van der Waals surface area contributed by atoms with Gasteiger partial charge in [-0.05, 0) is 0 Å². The molecule has 0 heterocycles.